The number of nitrogens with zero attached hydrogens (tertiary/aromatic N) is 3. The van der Waals surface area contributed by atoms with E-state index in [-0.39, 0.29) is 12.1 Å². The molecule has 3 aromatic heterocycles. The Morgan fingerprint density at radius 3 is 2.97 bits per heavy atom. The highest BCUT2D eigenvalue weighted by atomic mass is 32.1. The molecule has 5 aromatic rings. The van der Waals surface area contributed by atoms with E-state index in [9.17, 15) is 14.0 Å². The molecular formula is C22H15FN4O4S. The number of amides is 1. The lowest BCUT2D eigenvalue weighted by atomic mass is 10.1. The topological polar surface area (TPSA) is 99.2 Å². The van der Waals surface area contributed by atoms with Gasteiger partial charge in [-0.2, -0.15) is 0 Å². The van der Waals surface area contributed by atoms with Gasteiger partial charge in [-0.05, 0) is 30.3 Å². The number of ether oxygens (including phenoxy) is 1. The molecule has 160 valence electrons. The minimum absolute atomic E-state index is 0.0937. The van der Waals surface area contributed by atoms with Gasteiger partial charge >= 0.3 is 0 Å². The number of nitrogens with one attached hydrogen (secondary N) is 1. The number of anilines is 1. The summed E-state index contributed by atoms with van der Waals surface area (Å²) in [7, 11) is 1.48. The number of thiazole rings is 1. The molecule has 0 aliphatic rings. The third-order valence-electron chi connectivity index (χ3n) is 4.85. The Morgan fingerprint density at radius 1 is 1.28 bits per heavy atom. The van der Waals surface area contributed by atoms with E-state index < -0.39 is 17.3 Å². The van der Waals surface area contributed by atoms with Crippen LogP contribution in [0.5, 0.6) is 5.75 Å². The summed E-state index contributed by atoms with van der Waals surface area (Å²) in [5, 5.41) is 5.37. The Kier molecular flexibility index (Phi) is 4.91. The van der Waals surface area contributed by atoms with Crippen molar-refractivity contribution >= 4 is 44.4 Å². The van der Waals surface area contributed by atoms with Crippen LogP contribution in [0.25, 0.3) is 33.3 Å². The normalized spacial score (nSPS) is 11.2. The van der Waals surface area contributed by atoms with E-state index in [4.69, 9.17) is 9.15 Å². The van der Waals surface area contributed by atoms with Gasteiger partial charge in [0.2, 0.25) is 11.5 Å². The fourth-order valence-electron chi connectivity index (χ4n) is 3.38. The Balaban J connectivity index is 1.37. The molecule has 0 fully saturated rings. The number of carbonyl (C=O) groups excluding carboxylic acids is 1. The zero-order chi connectivity index (χ0) is 22.2. The second kappa shape index (κ2) is 7.89. The molecule has 0 aliphatic carbocycles. The largest absolute Gasteiger partial charge is 0.496 e. The second-order valence-electron chi connectivity index (χ2n) is 6.88. The van der Waals surface area contributed by atoms with E-state index >= 15 is 0 Å². The van der Waals surface area contributed by atoms with Crippen molar-refractivity contribution in [1.29, 1.82) is 0 Å². The fraction of sp³-hybridized carbons (Fsp3) is 0.0909. The maximum Gasteiger partial charge on any atom is 0.297 e. The summed E-state index contributed by atoms with van der Waals surface area (Å²) in [5.74, 6) is -0.421. The van der Waals surface area contributed by atoms with Gasteiger partial charge in [0.1, 0.15) is 29.2 Å². The number of para-hydroxylation sites is 1. The maximum absolute atomic E-state index is 13.6. The number of furan rings is 1. The van der Waals surface area contributed by atoms with Gasteiger partial charge in [0.05, 0.1) is 19.1 Å². The van der Waals surface area contributed by atoms with Crippen LogP contribution in [0.1, 0.15) is 0 Å². The van der Waals surface area contributed by atoms with Crippen LogP contribution in [-0.2, 0) is 11.3 Å². The summed E-state index contributed by atoms with van der Waals surface area (Å²) in [5.41, 5.74) is 1.58. The monoisotopic (exact) mass is 450 g/mol. The number of hydrogen-bond donors (Lipinski definition) is 1. The first kappa shape index (κ1) is 19.9. The molecule has 3 heterocycles. The molecule has 5 rings (SSSR count). The average molecular weight is 450 g/mol. The Bertz CT molecular complexity index is 1540. The van der Waals surface area contributed by atoms with Crippen LogP contribution >= 0.6 is 11.3 Å². The highest BCUT2D eigenvalue weighted by Gasteiger charge is 2.16. The number of hydrogen-bond acceptors (Lipinski definition) is 7. The lowest BCUT2D eigenvalue weighted by Gasteiger charge is -2.06. The van der Waals surface area contributed by atoms with Gasteiger partial charge in [0.15, 0.2) is 5.13 Å². The van der Waals surface area contributed by atoms with Crippen LogP contribution in [0.15, 0.2) is 63.4 Å². The van der Waals surface area contributed by atoms with Crippen molar-refractivity contribution < 1.29 is 18.3 Å². The van der Waals surface area contributed by atoms with Crippen molar-refractivity contribution in [2.45, 2.75) is 6.54 Å². The van der Waals surface area contributed by atoms with Crippen LogP contribution in [0.2, 0.25) is 0 Å². The zero-order valence-electron chi connectivity index (χ0n) is 16.7. The number of fused-ring (bicyclic) bond motifs is 3. The molecular weight excluding hydrogens is 435 g/mol. The van der Waals surface area contributed by atoms with Gasteiger partial charge in [0, 0.05) is 16.3 Å². The van der Waals surface area contributed by atoms with Gasteiger partial charge < -0.3 is 14.5 Å². The Hall–Kier alpha value is -4.05. The zero-order valence-corrected chi connectivity index (χ0v) is 17.5. The van der Waals surface area contributed by atoms with E-state index in [0.717, 1.165) is 5.39 Å². The van der Waals surface area contributed by atoms with Crippen molar-refractivity contribution in [3.63, 3.8) is 0 Å². The van der Waals surface area contributed by atoms with Gasteiger partial charge in [-0.25, -0.2) is 14.4 Å². The molecule has 0 spiro atoms. The molecule has 1 N–H and O–H groups in total. The number of carbonyl (C=O) groups is 1. The molecule has 0 atom stereocenters. The van der Waals surface area contributed by atoms with Gasteiger partial charge in [-0.3, -0.25) is 14.2 Å². The maximum atomic E-state index is 13.6. The van der Waals surface area contributed by atoms with Crippen LogP contribution in [-0.4, -0.2) is 27.6 Å². The number of rotatable bonds is 5. The molecule has 0 radical (unpaired) electrons. The lowest BCUT2D eigenvalue weighted by molar-refractivity contribution is -0.116. The highest BCUT2D eigenvalue weighted by Crippen LogP contribution is 2.32. The molecule has 0 saturated heterocycles. The van der Waals surface area contributed by atoms with Crippen LogP contribution < -0.4 is 15.6 Å². The summed E-state index contributed by atoms with van der Waals surface area (Å²) in [4.78, 5) is 33.9. The van der Waals surface area contributed by atoms with Crippen molar-refractivity contribution in [3.8, 4) is 17.0 Å². The van der Waals surface area contributed by atoms with Crippen molar-refractivity contribution in [3.05, 3.63) is 70.3 Å². The quantitative estimate of drug-likeness (QED) is 0.434. The first-order chi connectivity index (χ1) is 15.5. The van der Waals surface area contributed by atoms with Crippen LogP contribution in [0.3, 0.4) is 0 Å². The van der Waals surface area contributed by atoms with Crippen molar-refractivity contribution in [2.75, 3.05) is 12.4 Å². The lowest BCUT2D eigenvalue weighted by Crippen LogP contribution is -2.27. The summed E-state index contributed by atoms with van der Waals surface area (Å²) in [6, 6.07) is 11.3. The van der Waals surface area contributed by atoms with E-state index in [1.807, 2.05) is 12.1 Å². The Labute approximate surface area is 183 Å². The molecule has 32 heavy (non-hydrogen) atoms. The molecule has 8 nitrogen and oxygen atoms in total. The third-order valence-corrected chi connectivity index (χ3v) is 5.61. The van der Waals surface area contributed by atoms with E-state index in [1.54, 1.807) is 17.5 Å². The fourth-order valence-corrected chi connectivity index (χ4v) is 4.10. The summed E-state index contributed by atoms with van der Waals surface area (Å²) in [6.45, 7) is -0.267. The number of methoxy groups -OCH3 is 1. The van der Waals surface area contributed by atoms with Crippen molar-refractivity contribution in [1.82, 2.24) is 14.5 Å². The van der Waals surface area contributed by atoms with E-state index in [2.05, 4.69) is 15.3 Å². The van der Waals surface area contributed by atoms with Gasteiger partial charge in [-0.15, -0.1) is 11.3 Å². The third kappa shape index (κ3) is 3.50. The first-order valence-electron chi connectivity index (χ1n) is 9.49. The molecule has 2 aromatic carbocycles. The predicted molar refractivity (Wildman–Crippen MR) is 118 cm³/mol. The summed E-state index contributed by atoms with van der Waals surface area (Å²) in [6.07, 6.45) is 1.32. The molecule has 0 unspecified atom stereocenters. The highest BCUT2D eigenvalue weighted by molar-refractivity contribution is 7.14. The molecule has 0 saturated carbocycles. The Morgan fingerprint density at radius 2 is 2.12 bits per heavy atom. The first-order valence-corrected chi connectivity index (χ1v) is 10.4. The molecule has 10 heteroatoms. The molecule has 1 amide bonds. The van der Waals surface area contributed by atoms with Gasteiger partial charge in [-0.1, -0.05) is 12.1 Å². The number of aromatic nitrogens is 3. The smallest absolute Gasteiger partial charge is 0.297 e. The van der Waals surface area contributed by atoms with Crippen LogP contribution in [0.4, 0.5) is 9.52 Å². The van der Waals surface area contributed by atoms with Crippen LogP contribution in [0, 0.1) is 5.82 Å². The summed E-state index contributed by atoms with van der Waals surface area (Å²) >= 11 is 1.18. The minimum atomic E-state index is -0.462. The van der Waals surface area contributed by atoms with Gasteiger partial charge in [0.25, 0.3) is 5.56 Å². The van der Waals surface area contributed by atoms with Crippen molar-refractivity contribution in [2.24, 2.45) is 0 Å². The van der Waals surface area contributed by atoms with E-state index in [0.29, 0.717) is 33.2 Å². The standard InChI is InChI=1S/C22H15FN4O4S/c1-30-16-7-6-12(23)8-14(16)15-10-32-22(25-15)26-18(28)9-27-11-24-19-13-4-2-3-5-17(13)31-20(19)21(27)29/h2-8,10-11H,9H2,1H3,(H,25,26,28). The average Bonchev–Trinajstić information content (AvgIpc) is 3.40. The predicted octanol–water partition coefficient (Wildman–Crippen LogP) is 4.05. The number of halogens is 1. The minimum Gasteiger partial charge on any atom is -0.496 e. The number of benzene rings is 2. The molecule has 0 bridgehead atoms. The van der Waals surface area contributed by atoms with E-state index in [1.165, 1.54) is 47.5 Å². The molecule has 0 aliphatic heterocycles. The second-order valence-corrected chi connectivity index (χ2v) is 7.74. The SMILES string of the molecule is COc1ccc(F)cc1-c1csc(NC(=O)Cn2cnc3c(oc4ccccc43)c2=O)n1. The summed E-state index contributed by atoms with van der Waals surface area (Å²) < 4.78 is 25.7.